The molecule has 1 aliphatic rings. The van der Waals surface area contributed by atoms with Gasteiger partial charge >= 0.3 is 0 Å². The number of rotatable bonds is 1. The zero-order valence-electron chi connectivity index (χ0n) is 9.36. The molecule has 1 heterocycles. The molecule has 80 valence electrons. The molecule has 0 nitrogen and oxygen atoms in total. The van der Waals surface area contributed by atoms with Crippen LogP contribution >= 0.6 is 11.3 Å². The lowest BCUT2D eigenvalue weighted by Crippen LogP contribution is -2.02. The van der Waals surface area contributed by atoms with E-state index in [0.717, 1.165) is 0 Å². The lowest BCUT2D eigenvalue weighted by molar-refractivity contribution is 0.964. The highest BCUT2D eigenvalue weighted by Crippen LogP contribution is 2.34. The zero-order valence-corrected chi connectivity index (χ0v) is 10.2. The van der Waals surface area contributed by atoms with Crippen molar-refractivity contribution in [1.29, 1.82) is 0 Å². The first-order valence-electron chi connectivity index (χ1n) is 5.69. The predicted octanol–water partition coefficient (Wildman–Crippen LogP) is 4.43. The van der Waals surface area contributed by atoms with Crippen LogP contribution in [0.3, 0.4) is 0 Å². The third-order valence-electron chi connectivity index (χ3n) is 3.23. The molecule has 0 radical (unpaired) electrons. The van der Waals surface area contributed by atoms with E-state index < -0.39 is 0 Å². The summed E-state index contributed by atoms with van der Waals surface area (Å²) in [6.45, 7) is 2.22. The number of hydrogen-bond donors (Lipinski definition) is 0. The number of hydrogen-bond acceptors (Lipinski definition) is 1. The lowest BCUT2D eigenvalue weighted by atomic mass is 9.87. The largest absolute Gasteiger partial charge is 0.144 e. The molecule has 0 N–H and O–H groups in total. The Morgan fingerprint density at radius 3 is 2.88 bits per heavy atom. The number of aryl methyl sites for hydroxylation is 1. The second-order valence-electron chi connectivity index (χ2n) is 4.23. The van der Waals surface area contributed by atoms with Crippen molar-refractivity contribution in [3.63, 3.8) is 0 Å². The summed E-state index contributed by atoms with van der Waals surface area (Å²) in [5.74, 6) is 0. The van der Waals surface area contributed by atoms with E-state index in [1.54, 1.807) is 0 Å². The fourth-order valence-corrected chi connectivity index (χ4v) is 3.20. The first-order valence-corrected chi connectivity index (χ1v) is 6.57. The second-order valence-corrected chi connectivity index (χ2v) is 5.18. The van der Waals surface area contributed by atoms with Gasteiger partial charge in [0.15, 0.2) is 0 Å². The SMILES string of the molecule is Cc1cccc2c1CCC=C2c1cccs1. The Morgan fingerprint density at radius 1 is 1.12 bits per heavy atom. The molecule has 0 saturated carbocycles. The van der Waals surface area contributed by atoms with Gasteiger partial charge in [-0.1, -0.05) is 30.3 Å². The van der Waals surface area contributed by atoms with Crippen molar-refractivity contribution in [2.24, 2.45) is 0 Å². The average Bonchev–Trinajstić information content (AvgIpc) is 2.82. The van der Waals surface area contributed by atoms with Gasteiger partial charge in [-0.2, -0.15) is 0 Å². The van der Waals surface area contributed by atoms with Crippen molar-refractivity contribution < 1.29 is 0 Å². The van der Waals surface area contributed by atoms with Crippen molar-refractivity contribution in [2.45, 2.75) is 19.8 Å². The molecule has 0 atom stereocenters. The van der Waals surface area contributed by atoms with Crippen LogP contribution in [0.5, 0.6) is 0 Å². The van der Waals surface area contributed by atoms with Gasteiger partial charge in [-0.25, -0.2) is 0 Å². The Balaban J connectivity index is 2.17. The summed E-state index contributed by atoms with van der Waals surface area (Å²) < 4.78 is 0. The summed E-state index contributed by atoms with van der Waals surface area (Å²) >= 11 is 1.83. The quantitative estimate of drug-likeness (QED) is 0.674. The van der Waals surface area contributed by atoms with Crippen LogP contribution in [0.2, 0.25) is 0 Å². The second kappa shape index (κ2) is 3.91. The van der Waals surface area contributed by atoms with E-state index in [-0.39, 0.29) is 0 Å². The summed E-state index contributed by atoms with van der Waals surface area (Å²) in [5, 5.41) is 2.15. The van der Waals surface area contributed by atoms with Gasteiger partial charge in [0, 0.05) is 4.88 Å². The van der Waals surface area contributed by atoms with E-state index in [0.29, 0.717) is 0 Å². The van der Waals surface area contributed by atoms with Gasteiger partial charge in [-0.15, -0.1) is 11.3 Å². The van der Waals surface area contributed by atoms with Crippen LogP contribution in [0.4, 0.5) is 0 Å². The van der Waals surface area contributed by atoms with Gasteiger partial charge in [0.05, 0.1) is 0 Å². The van der Waals surface area contributed by atoms with Gasteiger partial charge in [-0.05, 0) is 53.5 Å². The Labute approximate surface area is 100 Å². The molecular formula is C15H14S. The van der Waals surface area contributed by atoms with E-state index in [4.69, 9.17) is 0 Å². The zero-order chi connectivity index (χ0) is 11.0. The summed E-state index contributed by atoms with van der Waals surface area (Å²) in [6, 6.07) is 11.0. The third-order valence-corrected chi connectivity index (χ3v) is 4.13. The van der Waals surface area contributed by atoms with Crippen LogP contribution in [0.25, 0.3) is 5.57 Å². The van der Waals surface area contributed by atoms with Crippen molar-refractivity contribution in [3.8, 4) is 0 Å². The highest BCUT2D eigenvalue weighted by Gasteiger charge is 2.15. The Kier molecular flexibility index (Phi) is 2.41. The van der Waals surface area contributed by atoms with E-state index in [9.17, 15) is 0 Å². The molecule has 0 aliphatic heterocycles. The molecule has 1 heteroatoms. The average molecular weight is 226 g/mol. The number of benzene rings is 1. The van der Waals surface area contributed by atoms with E-state index in [2.05, 4.69) is 48.7 Å². The van der Waals surface area contributed by atoms with Crippen molar-refractivity contribution in [2.75, 3.05) is 0 Å². The van der Waals surface area contributed by atoms with E-state index in [1.807, 2.05) is 11.3 Å². The molecule has 0 unspecified atom stereocenters. The van der Waals surface area contributed by atoms with Gasteiger partial charge in [0.2, 0.25) is 0 Å². The fraction of sp³-hybridized carbons (Fsp3) is 0.200. The highest BCUT2D eigenvalue weighted by molar-refractivity contribution is 7.11. The summed E-state index contributed by atoms with van der Waals surface area (Å²) in [6.07, 6.45) is 4.75. The number of thiophene rings is 1. The van der Waals surface area contributed by atoms with E-state index in [1.165, 1.54) is 40.0 Å². The maximum Gasteiger partial charge on any atom is 0.0345 e. The normalized spacial score (nSPS) is 14.4. The first-order chi connectivity index (χ1) is 7.86. The highest BCUT2D eigenvalue weighted by atomic mass is 32.1. The molecule has 0 amide bonds. The fourth-order valence-electron chi connectivity index (χ4n) is 2.42. The minimum absolute atomic E-state index is 1.17. The summed E-state index contributed by atoms with van der Waals surface area (Å²) in [5.41, 5.74) is 5.83. The van der Waals surface area contributed by atoms with Crippen LogP contribution in [0.15, 0.2) is 41.8 Å². The van der Waals surface area contributed by atoms with Crippen molar-refractivity contribution >= 4 is 16.9 Å². The van der Waals surface area contributed by atoms with Gasteiger partial charge < -0.3 is 0 Å². The van der Waals surface area contributed by atoms with Crippen LogP contribution in [0, 0.1) is 6.92 Å². The molecule has 1 aromatic carbocycles. The first kappa shape index (κ1) is 9.86. The van der Waals surface area contributed by atoms with Crippen LogP contribution < -0.4 is 0 Å². The Bertz CT molecular complexity index is 533. The minimum Gasteiger partial charge on any atom is -0.144 e. The summed E-state index contributed by atoms with van der Waals surface area (Å²) in [7, 11) is 0. The van der Waals surface area contributed by atoms with Crippen LogP contribution in [-0.4, -0.2) is 0 Å². The van der Waals surface area contributed by atoms with Crippen LogP contribution in [-0.2, 0) is 6.42 Å². The summed E-state index contributed by atoms with van der Waals surface area (Å²) in [4.78, 5) is 1.39. The molecule has 0 saturated heterocycles. The third kappa shape index (κ3) is 1.52. The van der Waals surface area contributed by atoms with Gasteiger partial charge in [-0.3, -0.25) is 0 Å². The standard InChI is InChI=1S/C15H14S/c1-11-5-2-7-13-12(11)6-3-8-14(13)15-9-4-10-16-15/h2,4-5,7-10H,3,6H2,1H3. The maximum atomic E-state index is 2.38. The van der Waals surface area contributed by atoms with Crippen LogP contribution in [0.1, 0.15) is 28.0 Å². The molecule has 1 aromatic heterocycles. The molecule has 3 rings (SSSR count). The number of allylic oxidation sites excluding steroid dienone is 1. The molecule has 0 fully saturated rings. The smallest absolute Gasteiger partial charge is 0.0345 e. The molecule has 16 heavy (non-hydrogen) atoms. The minimum atomic E-state index is 1.17. The molecule has 1 aliphatic carbocycles. The van der Waals surface area contributed by atoms with Crippen molar-refractivity contribution in [3.05, 3.63) is 63.4 Å². The Morgan fingerprint density at radius 2 is 2.06 bits per heavy atom. The molecular weight excluding hydrogens is 212 g/mol. The monoisotopic (exact) mass is 226 g/mol. The maximum absolute atomic E-state index is 2.38. The van der Waals surface area contributed by atoms with Gasteiger partial charge in [0.25, 0.3) is 0 Å². The van der Waals surface area contributed by atoms with Gasteiger partial charge in [0.1, 0.15) is 0 Å². The molecule has 0 bridgehead atoms. The Hall–Kier alpha value is -1.34. The topological polar surface area (TPSA) is 0 Å². The number of fused-ring (bicyclic) bond motifs is 1. The van der Waals surface area contributed by atoms with Crippen molar-refractivity contribution in [1.82, 2.24) is 0 Å². The van der Waals surface area contributed by atoms with E-state index >= 15 is 0 Å². The molecule has 0 spiro atoms. The molecule has 2 aromatic rings. The lowest BCUT2D eigenvalue weighted by Gasteiger charge is -2.18. The predicted molar refractivity (Wildman–Crippen MR) is 70.9 cm³/mol.